The molecule has 2 heterocycles. The number of nitrogens with zero attached hydrogens (tertiary/aromatic N) is 3. The van der Waals surface area contributed by atoms with E-state index >= 15 is 0 Å². The summed E-state index contributed by atoms with van der Waals surface area (Å²) in [6.07, 6.45) is 0. The molecule has 0 atom stereocenters. The van der Waals surface area contributed by atoms with Gasteiger partial charge in [-0.3, -0.25) is 0 Å². The van der Waals surface area contributed by atoms with Crippen LogP contribution in [0.2, 0.25) is 0 Å². The molecule has 3 rings (SSSR count). The number of rotatable bonds is 3. The van der Waals surface area contributed by atoms with Gasteiger partial charge in [0.25, 0.3) is 0 Å². The van der Waals surface area contributed by atoms with Crippen molar-refractivity contribution in [3.63, 3.8) is 0 Å². The number of halogens is 1. The van der Waals surface area contributed by atoms with Gasteiger partial charge >= 0.3 is 0 Å². The molecule has 1 aromatic carbocycles. The molecular formula is C15H19IN4S2. The van der Waals surface area contributed by atoms with Crippen molar-refractivity contribution in [1.29, 1.82) is 0 Å². The Hall–Kier alpha value is -0.800. The van der Waals surface area contributed by atoms with Crippen molar-refractivity contribution >= 4 is 53.0 Å². The Kier molecular flexibility index (Phi) is 6.97. The van der Waals surface area contributed by atoms with Crippen molar-refractivity contribution < 1.29 is 0 Å². The van der Waals surface area contributed by atoms with Crippen LogP contribution in [-0.2, 0) is 6.54 Å². The smallest absolute Gasteiger partial charge is 0.191 e. The van der Waals surface area contributed by atoms with Crippen molar-refractivity contribution in [3.8, 4) is 10.6 Å². The van der Waals surface area contributed by atoms with E-state index in [9.17, 15) is 0 Å². The third-order valence-electron chi connectivity index (χ3n) is 3.31. The van der Waals surface area contributed by atoms with Crippen LogP contribution in [0.4, 0.5) is 0 Å². The first-order valence-electron chi connectivity index (χ1n) is 6.95. The predicted molar refractivity (Wildman–Crippen MR) is 107 cm³/mol. The lowest BCUT2D eigenvalue weighted by molar-refractivity contribution is 0.455. The summed E-state index contributed by atoms with van der Waals surface area (Å²) in [6.45, 7) is 2.54. The number of thioether (sulfide) groups is 1. The molecule has 4 nitrogen and oxygen atoms in total. The number of hydrogen-bond donors (Lipinski definition) is 1. The molecule has 0 amide bonds. The highest BCUT2D eigenvalue weighted by atomic mass is 127. The van der Waals surface area contributed by atoms with E-state index in [1.54, 1.807) is 11.3 Å². The second kappa shape index (κ2) is 8.73. The van der Waals surface area contributed by atoms with E-state index in [-0.39, 0.29) is 24.0 Å². The molecule has 1 aliphatic rings. The minimum absolute atomic E-state index is 0. The Labute approximate surface area is 156 Å². The summed E-state index contributed by atoms with van der Waals surface area (Å²) in [5.41, 5.74) is 8.19. The number of nitrogens with two attached hydrogens (primary N) is 1. The molecule has 0 saturated carbocycles. The summed E-state index contributed by atoms with van der Waals surface area (Å²) in [7, 11) is 0. The van der Waals surface area contributed by atoms with Crippen LogP contribution in [0.1, 0.15) is 5.69 Å². The highest BCUT2D eigenvalue weighted by molar-refractivity contribution is 14.0. The molecule has 1 aromatic heterocycles. The summed E-state index contributed by atoms with van der Waals surface area (Å²) in [6, 6.07) is 10.2. The minimum atomic E-state index is 0. The second-order valence-corrected chi connectivity index (χ2v) is 6.87. The molecule has 1 saturated heterocycles. The third kappa shape index (κ3) is 4.60. The van der Waals surface area contributed by atoms with Gasteiger partial charge in [0.2, 0.25) is 0 Å². The zero-order valence-corrected chi connectivity index (χ0v) is 16.1. The van der Waals surface area contributed by atoms with E-state index in [0.29, 0.717) is 12.5 Å². The number of aromatic nitrogens is 1. The first-order chi connectivity index (χ1) is 10.3. The van der Waals surface area contributed by atoms with Crippen LogP contribution in [0.25, 0.3) is 10.6 Å². The lowest BCUT2D eigenvalue weighted by atomic mass is 10.2. The fraction of sp³-hybridized carbons (Fsp3) is 0.333. The van der Waals surface area contributed by atoms with Gasteiger partial charge in [-0.2, -0.15) is 11.8 Å². The van der Waals surface area contributed by atoms with Gasteiger partial charge < -0.3 is 10.6 Å². The number of guanidine groups is 1. The minimum Gasteiger partial charge on any atom is -0.370 e. The topological polar surface area (TPSA) is 54.5 Å². The number of hydrogen-bond acceptors (Lipinski definition) is 4. The molecule has 0 radical (unpaired) electrons. The molecule has 2 aromatic rings. The lowest BCUT2D eigenvalue weighted by Gasteiger charge is -2.27. The molecule has 0 bridgehead atoms. The van der Waals surface area contributed by atoms with Gasteiger partial charge in [-0.25, -0.2) is 9.98 Å². The Morgan fingerprint density at radius 1 is 1.23 bits per heavy atom. The summed E-state index contributed by atoms with van der Waals surface area (Å²) < 4.78 is 0. The van der Waals surface area contributed by atoms with Crippen LogP contribution in [0.3, 0.4) is 0 Å². The molecule has 1 aliphatic heterocycles. The van der Waals surface area contributed by atoms with E-state index in [1.807, 2.05) is 30.0 Å². The molecule has 118 valence electrons. The highest BCUT2D eigenvalue weighted by Crippen LogP contribution is 2.23. The molecule has 0 unspecified atom stereocenters. The summed E-state index contributed by atoms with van der Waals surface area (Å²) >= 11 is 3.62. The van der Waals surface area contributed by atoms with Crippen LogP contribution >= 0.6 is 47.1 Å². The van der Waals surface area contributed by atoms with E-state index in [0.717, 1.165) is 40.9 Å². The van der Waals surface area contributed by atoms with E-state index in [4.69, 9.17) is 5.73 Å². The Balaban J connectivity index is 0.00000176. The standard InChI is InChI=1S/C15H18N4S2.HI/c16-15(19-6-8-20-9-7-19)17-10-13-11-21-14(18-13)12-4-2-1-3-5-12;/h1-5,11H,6-10H2,(H2,16,17);1H. The maximum absolute atomic E-state index is 6.06. The van der Waals surface area contributed by atoms with Crippen molar-refractivity contribution in [2.24, 2.45) is 10.7 Å². The number of benzene rings is 1. The normalized spacial score (nSPS) is 15.5. The highest BCUT2D eigenvalue weighted by Gasteiger charge is 2.12. The Morgan fingerprint density at radius 2 is 1.95 bits per heavy atom. The molecule has 1 fully saturated rings. The fourth-order valence-corrected chi connectivity index (χ4v) is 3.87. The van der Waals surface area contributed by atoms with Gasteiger partial charge in [-0.1, -0.05) is 30.3 Å². The van der Waals surface area contributed by atoms with Gasteiger partial charge in [0.15, 0.2) is 5.96 Å². The zero-order valence-electron chi connectivity index (χ0n) is 12.1. The Morgan fingerprint density at radius 3 is 2.68 bits per heavy atom. The molecule has 22 heavy (non-hydrogen) atoms. The zero-order chi connectivity index (χ0) is 14.5. The van der Waals surface area contributed by atoms with Crippen molar-refractivity contribution in [2.45, 2.75) is 6.54 Å². The van der Waals surface area contributed by atoms with Gasteiger partial charge in [-0.15, -0.1) is 35.3 Å². The molecule has 0 spiro atoms. The molecule has 7 heteroatoms. The second-order valence-electron chi connectivity index (χ2n) is 4.78. The lowest BCUT2D eigenvalue weighted by Crippen LogP contribution is -2.42. The molecule has 2 N–H and O–H groups in total. The maximum atomic E-state index is 6.06. The van der Waals surface area contributed by atoms with Crippen LogP contribution in [0.15, 0.2) is 40.7 Å². The van der Waals surface area contributed by atoms with Crippen molar-refractivity contribution in [2.75, 3.05) is 24.6 Å². The van der Waals surface area contributed by atoms with Gasteiger partial charge in [-0.05, 0) is 0 Å². The third-order valence-corrected chi connectivity index (χ3v) is 5.19. The van der Waals surface area contributed by atoms with Crippen molar-refractivity contribution in [1.82, 2.24) is 9.88 Å². The van der Waals surface area contributed by atoms with Crippen molar-refractivity contribution in [3.05, 3.63) is 41.4 Å². The SMILES string of the molecule is I.NC(=NCc1csc(-c2ccccc2)n1)N1CCSCC1. The molecule has 0 aliphatic carbocycles. The number of thiazole rings is 1. The first-order valence-corrected chi connectivity index (χ1v) is 8.99. The Bertz CT molecular complexity index is 609. The summed E-state index contributed by atoms with van der Waals surface area (Å²) in [5, 5.41) is 3.10. The quantitative estimate of drug-likeness (QED) is 0.447. The van der Waals surface area contributed by atoms with E-state index < -0.39 is 0 Å². The summed E-state index contributed by atoms with van der Waals surface area (Å²) in [4.78, 5) is 11.3. The molecular weight excluding hydrogens is 427 g/mol. The summed E-state index contributed by atoms with van der Waals surface area (Å²) in [5.74, 6) is 2.90. The van der Waals surface area contributed by atoms with E-state index in [2.05, 4.69) is 32.4 Å². The first kappa shape index (κ1) is 17.6. The van der Waals surface area contributed by atoms with Crippen LogP contribution in [0, 0.1) is 0 Å². The van der Waals surface area contributed by atoms with Crippen LogP contribution in [0.5, 0.6) is 0 Å². The predicted octanol–water partition coefficient (Wildman–Crippen LogP) is 3.29. The average Bonchev–Trinajstić information content (AvgIpc) is 3.03. The van der Waals surface area contributed by atoms with Crippen LogP contribution < -0.4 is 5.73 Å². The maximum Gasteiger partial charge on any atom is 0.191 e. The fourth-order valence-electron chi connectivity index (χ4n) is 2.15. The largest absolute Gasteiger partial charge is 0.370 e. The van der Waals surface area contributed by atoms with E-state index in [1.165, 1.54) is 0 Å². The van der Waals surface area contributed by atoms with Gasteiger partial charge in [0.1, 0.15) is 5.01 Å². The average molecular weight is 446 g/mol. The van der Waals surface area contributed by atoms with Gasteiger partial charge in [0.05, 0.1) is 12.2 Å². The van der Waals surface area contributed by atoms with Gasteiger partial charge in [0, 0.05) is 35.5 Å². The monoisotopic (exact) mass is 446 g/mol. The van der Waals surface area contributed by atoms with Crippen LogP contribution in [-0.4, -0.2) is 40.4 Å². The number of aliphatic imine (C=N–C) groups is 1.